The molecule has 2 heterocycles. The Balaban J connectivity index is 1.31. The van der Waals surface area contributed by atoms with Crippen molar-refractivity contribution in [2.45, 2.75) is 43.0 Å². The van der Waals surface area contributed by atoms with Crippen LogP contribution in [-0.2, 0) is 33.5 Å². The predicted octanol–water partition coefficient (Wildman–Crippen LogP) is 6.39. The Hall–Kier alpha value is -3.48. The topological polar surface area (TPSA) is 115 Å². The highest BCUT2D eigenvalue weighted by atomic mass is 35.5. The van der Waals surface area contributed by atoms with Crippen LogP contribution in [0.2, 0.25) is 10.0 Å². The highest BCUT2D eigenvalue weighted by Crippen LogP contribution is 2.57. The Labute approximate surface area is 243 Å². The summed E-state index contributed by atoms with van der Waals surface area (Å²) in [5.41, 5.74) is 0.708. The van der Waals surface area contributed by atoms with E-state index in [0.29, 0.717) is 46.7 Å². The van der Waals surface area contributed by atoms with Crippen molar-refractivity contribution in [2.75, 3.05) is 5.32 Å². The molecule has 0 saturated heterocycles. The lowest BCUT2D eigenvalue weighted by Crippen LogP contribution is -2.16. The Morgan fingerprint density at radius 1 is 1.10 bits per heavy atom. The second-order valence-corrected chi connectivity index (χ2v) is 11.8. The van der Waals surface area contributed by atoms with Gasteiger partial charge in [0.05, 0.1) is 22.6 Å². The van der Waals surface area contributed by atoms with Crippen molar-refractivity contribution >= 4 is 45.5 Å². The standard InChI is InChI=1S/C27H21Cl2F3N4O4S/c1-14(41(38)39)16-4-7-18(33-13-16)12-22(37)34-19-10-20(28)23(21(29)11-19)26(8-9-26)25-35-24(40-36-25)15-2-5-17(6-3-15)27(30,31)32/h2-7,10-11,13-14,41H,8-9,12H2,1H3,(H,34,37). The zero-order valence-corrected chi connectivity index (χ0v) is 23.6. The number of anilines is 1. The molecular weight excluding hydrogens is 604 g/mol. The van der Waals surface area contributed by atoms with Gasteiger partial charge in [0.15, 0.2) is 5.82 Å². The van der Waals surface area contributed by atoms with Gasteiger partial charge >= 0.3 is 6.18 Å². The fraction of sp³-hybridized carbons (Fsp3) is 0.259. The minimum absolute atomic E-state index is 0.0608. The first-order chi connectivity index (χ1) is 19.4. The van der Waals surface area contributed by atoms with Gasteiger partial charge in [-0.2, -0.15) is 18.2 Å². The van der Waals surface area contributed by atoms with Crippen LogP contribution in [-0.4, -0.2) is 29.4 Å². The number of carbonyl (C=O) groups is 1. The minimum Gasteiger partial charge on any atom is -0.334 e. The summed E-state index contributed by atoms with van der Waals surface area (Å²) in [6.45, 7) is 1.55. The number of benzene rings is 2. The van der Waals surface area contributed by atoms with Gasteiger partial charge < -0.3 is 9.84 Å². The van der Waals surface area contributed by atoms with Crippen LogP contribution in [0.4, 0.5) is 18.9 Å². The van der Waals surface area contributed by atoms with Gasteiger partial charge in [0.2, 0.25) is 5.91 Å². The third kappa shape index (κ3) is 6.09. The number of pyridine rings is 1. The van der Waals surface area contributed by atoms with Gasteiger partial charge in [-0.25, -0.2) is 8.42 Å². The van der Waals surface area contributed by atoms with Crippen LogP contribution in [0.3, 0.4) is 0 Å². The zero-order chi connectivity index (χ0) is 29.5. The summed E-state index contributed by atoms with van der Waals surface area (Å²) in [4.78, 5) is 21.2. The molecule has 1 unspecified atom stereocenters. The molecule has 14 heteroatoms. The van der Waals surface area contributed by atoms with Crippen LogP contribution >= 0.6 is 23.2 Å². The molecule has 4 aromatic rings. The predicted molar refractivity (Wildman–Crippen MR) is 147 cm³/mol. The highest BCUT2D eigenvalue weighted by Gasteiger charge is 2.52. The van der Waals surface area contributed by atoms with Gasteiger partial charge in [-0.15, -0.1) is 0 Å². The highest BCUT2D eigenvalue weighted by molar-refractivity contribution is 7.72. The van der Waals surface area contributed by atoms with E-state index in [4.69, 9.17) is 27.7 Å². The van der Waals surface area contributed by atoms with Gasteiger partial charge in [0, 0.05) is 38.8 Å². The lowest BCUT2D eigenvalue weighted by molar-refractivity contribution is -0.137. The number of amides is 1. The third-order valence-electron chi connectivity index (χ3n) is 6.86. The van der Waals surface area contributed by atoms with Crippen molar-refractivity contribution in [3.8, 4) is 11.5 Å². The van der Waals surface area contributed by atoms with Crippen LogP contribution in [0.25, 0.3) is 11.5 Å². The average Bonchev–Trinajstić information content (AvgIpc) is 3.53. The molecule has 1 saturated carbocycles. The quantitative estimate of drug-likeness (QED) is 0.218. The first-order valence-electron chi connectivity index (χ1n) is 12.3. The van der Waals surface area contributed by atoms with Gasteiger partial charge in [0.1, 0.15) is 10.7 Å². The van der Waals surface area contributed by atoms with Crippen molar-refractivity contribution in [1.29, 1.82) is 0 Å². The molecule has 2 aromatic carbocycles. The van der Waals surface area contributed by atoms with E-state index in [0.717, 1.165) is 12.1 Å². The molecule has 41 heavy (non-hydrogen) atoms. The number of halogens is 5. The molecule has 5 rings (SSSR count). The summed E-state index contributed by atoms with van der Waals surface area (Å²) < 4.78 is 66.4. The fourth-order valence-corrected chi connectivity index (χ4v) is 5.67. The third-order valence-corrected chi connectivity index (χ3v) is 8.38. The Morgan fingerprint density at radius 2 is 1.76 bits per heavy atom. The second-order valence-electron chi connectivity index (χ2n) is 9.66. The molecule has 1 aliphatic carbocycles. The van der Waals surface area contributed by atoms with E-state index in [1.54, 1.807) is 31.2 Å². The van der Waals surface area contributed by atoms with E-state index in [-0.39, 0.29) is 28.3 Å². The number of alkyl halides is 3. The lowest BCUT2D eigenvalue weighted by Gasteiger charge is -2.17. The van der Waals surface area contributed by atoms with Crippen LogP contribution in [0, 0.1) is 0 Å². The Kier molecular flexibility index (Phi) is 7.84. The van der Waals surface area contributed by atoms with Crippen LogP contribution in [0.1, 0.15) is 53.2 Å². The smallest absolute Gasteiger partial charge is 0.334 e. The number of thiol groups is 1. The van der Waals surface area contributed by atoms with E-state index in [1.165, 1.54) is 18.3 Å². The molecule has 0 spiro atoms. The monoisotopic (exact) mass is 624 g/mol. The summed E-state index contributed by atoms with van der Waals surface area (Å²) in [5, 5.41) is 6.66. The normalized spacial score (nSPS) is 15.1. The van der Waals surface area contributed by atoms with Crippen molar-refractivity contribution < 1.29 is 30.9 Å². The number of hydrogen-bond acceptors (Lipinski definition) is 7. The van der Waals surface area contributed by atoms with Crippen LogP contribution < -0.4 is 5.32 Å². The molecule has 1 N–H and O–H groups in total. The minimum atomic E-state index is -4.46. The molecule has 8 nitrogen and oxygen atoms in total. The van der Waals surface area contributed by atoms with Gasteiger partial charge in [0.25, 0.3) is 5.89 Å². The summed E-state index contributed by atoms with van der Waals surface area (Å²) in [6.07, 6.45) is -1.86. The maximum atomic E-state index is 12.9. The Bertz CT molecular complexity index is 1660. The molecule has 1 fully saturated rings. The maximum Gasteiger partial charge on any atom is 0.416 e. The van der Waals surface area contributed by atoms with E-state index >= 15 is 0 Å². The molecule has 0 aliphatic heterocycles. The largest absolute Gasteiger partial charge is 0.416 e. The lowest BCUT2D eigenvalue weighted by atomic mass is 9.94. The van der Waals surface area contributed by atoms with Gasteiger partial charge in [-0.1, -0.05) is 34.4 Å². The molecule has 1 atom stereocenters. The summed E-state index contributed by atoms with van der Waals surface area (Å²) in [5.74, 6) is -0.0130. The number of rotatable bonds is 8. The Morgan fingerprint density at radius 3 is 2.29 bits per heavy atom. The molecule has 214 valence electrons. The summed E-state index contributed by atoms with van der Waals surface area (Å²) in [7, 11) is -2.63. The van der Waals surface area contributed by atoms with E-state index in [2.05, 4.69) is 20.4 Å². The van der Waals surface area contributed by atoms with Crippen molar-refractivity contribution in [1.82, 2.24) is 15.1 Å². The molecule has 2 aromatic heterocycles. The molecular formula is C27H21Cl2F3N4O4S. The first-order valence-corrected chi connectivity index (χ1v) is 14.3. The fourth-order valence-electron chi connectivity index (χ4n) is 4.43. The van der Waals surface area contributed by atoms with Crippen molar-refractivity contribution in [2.24, 2.45) is 0 Å². The second kappa shape index (κ2) is 11.1. The van der Waals surface area contributed by atoms with Crippen molar-refractivity contribution in [3.63, 3.8) is 0 Å². The zero-order valence-electron chi connectivity index (χ0n) is 21.2. The molecule has 0 bridgehead atoms. The number of aromatic nitrogens is 3. The maximum absolute atomic E-state index is 12.9. The van der Waals surface area contributed by atoms with Crippen molar-refractivity contribution in [3.05, 3.63) is 93.0 Å². The van der Waals surface area contributed by atoms with E-state index in [1.807, 2.05) is 0 Å². The van der Waals surface area contributed by atoms with E-state index in [9.17, 15) is 26.4 Å². The number of nitrogens with zero attached hydrogens (tertiary/aromatic N) is 3. The average molecular weight is 625 g/mol. The molecule has 1 aliphatic rings. The first kappa shape index (κ1) is 29.0. The number of nitrogens with one attached hydrogen (secondary N) is 1. The van der Waals surface area contributed by atoms with Gasteiger partial charge in [-0.05, 0) is 67.8 Å². The summed E-state index contributed by atoms with van der Waals surface area (Å²) in [6, 6.07) is 10.7. The SMILES string of the molecule is CC(c1ccc(CC(=O)Nc2cc(Cl)c(C3(c4noc(-c5ccc(C(F)(F)F)cc5)n4)CC3)c(Cl)c2)nc1)[SH](=O)=O. The van der Waals surface area contributed by atoms with Gasteiger partial charge in [-0.3, -0.25) is 9.78 Å². The van der Waals surface area contributed by atoms with Crippen LogP contribution in [0.15, 0.2) is 59.3 Å². The molecule has 1 amide bonds. The summed E-state index contributed by atoms with van der Waals surface area (Å²) >= 11 is 13.2. The number of carbonyl (C=O) groups excluding carboxylic acids is 1. The van der Waals surface area contributed by atoms with E-state index < -0.39 is 33.1 Å². The number of hydrogen-bond donors (Lipinski definition) is 2. The van der Waals surface area contributed by atoms with Crippen LogP contribution in [0.5, 0.6) is 0 Å². The molecule has 0 radical (unpaired) electrons.